The average Bonchev–Trinajstić information content (AvgIpc) is 2.38. The third-order valence-corrected chi connectivity index (χ3v) is 2.97. The van der Waals surface area contributed by atoms with Crippen molar-refractivity contribution in [1.82, 2.24) is 15.0 Å². The Morgan fingerprint density at radius 3 is 2.11 bits per heavy atom. The van der Waals surface area contributed by atoms with E-state index in [2.05, 4.69) is 46.1 Å². The van der Waals surface area contributed by atoms with Crippen molar-refractivity contribution in [3.8, 4) is 0 Å². The van der Waals surface area contributed by atoms with Crippen molar-refractivity contribution >= 4 is 0 Å². The summed E-state index contributed by atoms with van der Waals surface area (Å²) in [5.74, 6) is 2.43. The Morgan fingerprint density at radius 2 is 1.47 bits per heavy atom. The Morgan fingerprint density at radius 1 is 0.842 bits per heavy atom. The summed E-state index contributed by atoms with van der Waals surface area (Å²) in [6, 6.07) is 8.58. The Labute approximate surface area is 114 Å². The van der Waals surface area contributed by atoms with Gasteiger partial charge in [0.05, 0.1) is 0 Å². The van der Waals surface area contributed by atoms with Crippen LogP contribution in [0.5, 0.6) is 0 Å². The molecule has 100 valence electrons. The molecule has 0 aliphatic heterocycles. The van der Waals surface area contributed by atoms with Crippen LogP contribution >= 0.6 is 0 Å². The maximum atomic E-state index is 5.54. The van der Waals surface area contributed by atoms with E-state index in [4.69, 9.17) is 5.73 Å². The van der Waals surface area contributed by atoms with E-state index in [1.54, 1.807) is 0 Å². The van der Waals surface area contributed by atoms with Gasteiger partial charge in [-0.2, -0.15) is 0 Å². The molecule has 2 N–H and O–H groups in total. The van der Waals surface area contributed by atoms with Gasteiger partial charge in [-0.15, -0.1) is 0 Å². The summed E-state index contributed by atoms with van der Waals surface area (Å²) in [6.07, 6.45) is 2.50. The van der Waals surface area contributed by atoms with Crippen molar-refractivity contribution in [2.45, 2.75) is 33.1 Å². The van der Waals surface area contributed by atoms with E-state index in [1.165, 1.54) is 11.1 Å². The fourth-order valence-corrected chi connectivity index (χ4v) is 1.96. The Bertz CT molecular complexity index is 534. The molecule has 2 aromatic rings. The van der Waals surface area contributed by atoms with E-state index in [9.17, 15) is 0 Å². The quantitative estimate of drug-likeness (QED) is 0.885. The van der Waals surface area contributed by atoms with Gasteiger partial charge >= 0.3 is 0 Å². The lowest BCUT2D eigenvalue weighted by molar-refractivity contribution is 0.755. The first-order valence-electron chi connectivity index (χ1n) is 6.63. The standard InChI is InChI=1S/C15H20N4/c1-11-3-5-13(6-4-11)7-8-14-17-12(2)18-15(19-14)9-10-16/h3-6H,7-10,16H2,1-2H3. The van der Waals surface area contributed by atoms with Crippen molar-refractivity contribution in [2.75, 3.05) is 6.54 Å². The van der Waals surface area contributed by atoms with Gasteiger partial charge in [-0.3, -0.25) is 0 Å². The van der Waals surface area contributed by atoms with Gasteiger partial charge in [0.25, 0.3) is 0 Å². The number of hydrogen-bond donors (Lipinski definition) is 1. The van der Waals surface area contributed by atoms with Gasteiger partial charge in [-0.1, -0.05) is 29.8 Å². The summed E-state index contributed by atoms with van der Waals surface area (Å²) in [5, 5.41) is 0. The molecule has 2 rings (SSSR count). The second-order valence-corrected chi connectivity index (χ2v) is 4.74. The van der Waals surface area contributed by atoms with Gasteiger partial charge in [0.1, 0.15) is 17.5 Å². The first-order chi connectivity index (χ1) is 9.17. The summed E-state index contributed by atoms with van der Waals surface area (Å²) < 4.78 is 0. The van der Waals surface area contributed by atoms with Gasteiger partial charge < -0.3 is 5.73 Å². The normalized spacial score (nSPS) is 10.7. The van der Waals surface area contributed by atoms with E-state index in [0.717, 1.165) is 30.3 Å². The van der Waals surface area contributed by atoms with Crippen LogP contribution in [-0.4, -0.2) is 21.5 Å². The van der Waals surface area contributed by atoms with Gasteiger partial charge in [-0.05, 0) is 32.4 Å². The third-order valence-electron chi connectivity index (χ3n) is 2.97. The maximum absolute atomic E-state index is 5.54. The minimum Gasteiger partial charge on any atom is -0.330 e. The van der Waals surface area contributed by atoms with Gasteiger partial charge in [0.15, 0.2) is 0 Å². The molecule has 1 heterocycles. The van der Waals surface area contributed by atoms with Crippen LogP contribution in [0.25, 0.3) is 0 Å². The van der Waals surface area contributed by atoms with Crippen LogP contribution in [-0.2, 0) is 19.3 Å². The zero-order valence-corrected chi connectivity index (χ0v) is 11.6. The predicted octanol–water partition coefficient (Wildman–Crippen LogP) is 1.77. The van der Waals surface area contributed by atoms with Crippen molar-refractivity contribution in [2.24, 2.45) is 5.73 Å². The van der Waals surface area contributed by atoms with Crippen LogP contribution in [0, 0.1) is 13.8 Å². The summed E-state index contributed by atoms with van der Waals surface area (Å²) in [4.78, 5) is 13.1. The Balaban J connectivity index is 2.04. The Kier molecular flexibility index (Phi) is 4.58. The predicted molar refractivity (Wildman–Crippen MR) is 75.9 cm³/mol. The molecule has 4 heteroatoms. The van der Waals surface area contributed by atoms with Crippen molar-refractivity contribution < 1.29 is 0 Å². The highest BCUT2D eigenvalue weighted by molar-refractivity contribution is 5.21. The molecule has 1 aromatic heterocycles. The van der Waals surface area contributed by atoms with Crippen molar-refractivity contribution in [1.29, 1.82) is 0 Å². The monoisotopic (exact) mass is 256 g/mol. The molecule has 0 saturated heterocycles. The zero-order valence-electron chi connectivity index (χ0n) is 11.6. The summed E-state index contributed by atoms with van der Waals surface area (Å²) in [7, 11) is 0. The van der Waals surface area contributed by atoms with E-state index in [1.807, 2.05) is 6.92 Å². The minimum absolute atomic E-state index is 0.570. The van der Waals surface area contributed by atoms with Gasteiger partial charge in [0.2, 0.25) is 0 Å². The summed E-state index contributed by atoms with van der Waals surface area (Å²) in [5.41, 5.74) is 8.13. The number of nitrogens with two attached hydrogens (primary N) is 1. The van der Waals surface area contributed by atoms with Crippen LogP contribution in [0.4, 0.5) is 0 Å². The fourth-order valence-electron chi connectivity index (χ4n) is 1.96. The molecule has 1 aromatic carbocycles. The number of nitrogens with zero attached hydrogens (tertiary/aromatic N) is 3. The highest BCUT2D eigenvalue weighted by Gasteiger charge is 2.04. The SMILES string of the molecule is Cc1ccc(CCc2nc(C)nc(CCN)n2)cc1. The second-order valence-electron chi connectivity index (χ2n) is 4.74. The largest absolute Gasteiger partial charge is 0.330 e. The highest BCUT2D eigenvalue weighted by atomic mass is 15.0. The van der Waals surface area contributed by atoms with Gasteiger partial charge in [0, 0.05) is 12.8 Å². The molecule has 0 amide bonds. The molecule has 0 aliphatic rings. The van der Waals surface area contributed by atoms with E-state index < -0.39 is 0 Å². The highest BCUT2D eigenvalue weighted by Crippen LogP contribution is 2.07. The lowest BCUT2D eigenvalue weighted by Crippen LogP contribution is -2.11. The minimum atomic E-state index is 0.570. The van der Waals surface area contributed by atoms with Gasteiger partial charge in [-0.25, -0.2) is 15.0 Å². The molecule has 0 spiro atoms. The van der Waals surface area contributed by atoms with Crippen molar-refractivity contribution in [3.63, 3.8) is 0 Å². The van der Waals surface area contributed by atoms with E-state index in [0.29, 0.717) is 13.0 Å². The van der Waals surface area contributed by atoms with E-state index >= 15 is 0 Å². The Hall–Kier alpha value is -1.81. The number of aromatic nitrogens is 3. The van der Waals surface area contributed by atoms with Crippen LogP contribution in [0.1, 0.15) is 28.6 Å². The van der Waals surface area contributed by atoms with Crippen LogP contribution in [0.2, 0.25) is 0 Å². The average molecular weight is 256 g/mol. The summed E-state index contributed by atoms with van der Waals surface area (Å²) >= 11 is 0. The number of hydrogen-bond acceptors (Lipinski definition) is 4. The lowest BCUT2D eigenvalue weighted by atomic mass is 10.1. The first kappa shape index (κ1) is 13.6. The lowest BCUT2D eigenvalue weighted by Gasteiger charge is -2.05. The topological polar surface area (TPSA) is 64.7 Å². The molecule has 4 nitrogen and oxygen atoms in total. The zero-order chi connectivity index (χ0) is 13.7. The molecular weight excluding hydrogens is 236 g/mol. The molecule has 0 saturated carbocycles. The van der Waals surface area contributed by atoms with Crippen LogP contribution < -0.4 is 5.73 Å². The molecule has 19 heavy (non-hydrogen) atoms. The van der Waals surface area contributed by atoms with E-state index in [-0.39, 0.29) is 0 Å². The molecular formula is C15H20N4. The first-order valence-corrected chi connectivity index (χ1v) is 6.63. The second kappa shape index (κ2) is 6.38. The summed E-state index contributed by atoms with van der Waals surface area (Å²) in [6.45, 7) is 4.57. The van der Waals surface area contributed by atoms with Crippen LogP contribution in [0.15, 0.2) is 24.3 Å². The third kappa shape index (κ3) is 4.10. The number of aryl methyl sites for hydroxylation is 4. The molecule has 0 atom stereocenters. The molecule has 0 fully saturated rings. The smallest absolute Gasteiger partial charge is 0.133 e. The molecule has 0 radical (unpaired) electrons. The number of benzene rings is 1. The fraction of sp³-hybridized carbons (Fsp3) is 0.400. The molecule has 0 unspecified atom stereocenters. The van der Waals surface area contributed by atoms with Crippen molar-refractivity contribution in [3.05, 3.63) is 52.9 Å². The van der Waals surface area contributed by atoms with Crippen LogP contribution in [0.3, 0.4) is 0 Å². The number of rotatable bonds is 5. The molecule has 0 aliphatic carbocycles. The molecule has 0 bridgehead atoms. The maximum Gasteiger partial charge on any atom is 0.133 e.